The van der Waals surface area contributed by atoms with Gasteiger partial charge in [0.25, 0.3) is 0 Å². The molecule has 0 N–H and O–H groups in total. The predicted octanol–water partition coefficient (Wildman–Crippen LogP) is 3.24. The molecule has 0 bridgehead atoms. The van der Waals surface area contributed by atoms with Gasteiger partial charge in [-0.25, -0.2) is 19.2 Å². The quantitative estimate of drug-likeness (QED) is 0.804. The first-order chi connectivity index (χ1) is 13.7. The van der Waals surface area contributed by atoms with Crippen LogP contribution in [0.25, 0.3) is 11.1 Å². The molecule has 0 spiro atoms. The third-order valence-electron chi connectivity index (χ3n) is 5.05. The first-order valence-electron chi connectivity index (χ1n) is 9.58. The molecule has 2 aliphatic rings. The summed E-state index contributed by atoms with van der Waals surface area (Å²) in [5, 5.41) is 0. The van der Waals surface area contributed by atoms with Crippen molar-refractivity contribution < 1.29 is 18.7 Å². The van der Waals surface area contributed by atoms with E-state index in [-0.39, 0.29) is 6.10 Å². The molecule has 0 aliphatic carbocycles. The number of carbonyl (C=O) groups is 1. The molecule has 3 heterocycles. The Kier molecular flexibility index (Phi) is 5.38. The topological polar surface area (TPSA) is 67.8 Å². The minimum absolute atomic E-state index is 0.152. The molecule has 8 heteroatoms. The fraction of sp³-hybridized carbons (Fsp3) is 0.450. The van der Waals surface area contributed by atoms with Crippen LogP contribution in [-0.4, -0.2) is 55.0 Å². The molecule has 148 valence electrons. The Hall–Kier alpha value is -2.74. The molecule has 0 radical (unpaired) electrons. The van der Waals surface area contributed by atoms with E-state index in [9.17, 15) is 9.18 Å². The van der Waals surface area contributed by atoms with E-state index in [1.54, 1.807) is 24.5 Å². The summed E-state index contributed by atoms with van der Waals surface area (Å²) in [6.07, 6.45) is 4.33. The van der Waals surface area contributed by atoms with Crippen molar-refractivity contribution in [1.29, 1.82) is 0 Å². The van der Waals surface area contributed by atoms with Crippen molar-refractivity contribution >= 4 is 17.7 Å². The zero-order chi connectivity index (χ0) is 19.5. The van der Waals surface area contributed by atoms with Gasteiger partial charge in [0.15, 0.2) is 0 Å². The van der Waals surface area contributed by atoms with Gasteiger partial charge in [-0.3, -0.25) is 4.90 Å². The van der Waals surface area contributed by atoms with Gasteiger partial charge in [0.2, 0.25) is 5.95 Å². The molecule has 28 heavy (non-hydrogen) atoms. The van der Waals surface area contributed by atoms with Crippen LogP contribution in [0.4, 0.5) is 20.8 Å². The van der Waals surface area contributed by atoms with Crippen LogP contribution in [-0.2, 0) is 9.47 Å². The minimum atomic E-state index is -0.437. The van der Waals surface area contributed by atoms with Gasteiger partial charge < -0.3 is 14.4 Å². The van der Waals surface area contributed by atoms with Crippen LogP contribution in [0.3, 0.4) is 0 Å². The monoisotopic (exact) mass is 386 g/mol. The molecule has 1 amide bonds. The largest absolute Gasteiger partial charge is 0.444 e. The van der Waals surface area contributed by atoms with Crippen molar-refractivity contribution in [2.45, 2.75) is 25.9 Å². The number of hydrogen-bond acceptors (Lipinski definition) is 6. The average Bonchev–Trinajstić information content (AvgIpc) is 2.91. The molecule has 2 aliphatic heterocycles. The van der Waals surface area contributed by atoms with Crippen molar-refractivity contribution in [2.75, 3.05) is 42.6 Å². The van der Waals surface area contributed by atoms with Crippen LogP contribution in [0.5, 0.6) is 0 Å². The van der Waals surface area contributed by atoms with Crippen molar-refractivity contribution in [3.63, 3.8) is 0 Å². The van der Waals surface area contributed by atoms with Crippen molar-refractivity contribution in [3.8, 4) is 11.1 Å². The average molecular weight is 386 g/mol. The van der Waals surface area contributed by atoms with Crippen LogP contribution in [0.15, 0.2) is 30.6 Å². The van der Waals surface area contributed by atoms with Gasteiger partial charge in [-0.2, -0.15) is 0 Å². The zero-order valence-corrected chi connectivity index (χ0v) is 15.8. The van der Waals surface area contributed by atoms with Crippen LogP contribution < -0.4 is 9.80 Å². The fourth-order valence-electron chi connectivity index (χ4n) is 3.42. The Balaban J connectivity index is 1.52. The molecule has 1 unspecified atom stereocenters. The summed E-state index contributed by atoms with van der Waals surface area (Å²) in [5.74, 6) is 0.196. The highest BCUT2D eigenvalue weighted by Crippen LogP contribution is 2.29. The number of cyclic esters (lactones) is 1. The highest BCUT2D eigenvalue weighted by molar-refractivity contribution is 5.90. The molecule has 1 aromatic carbocycles. The number of carbonyl (C=O) groups excluding carboxylic acids is 1. The number of hydrogen-bond donors (Lipinski definition) is 0. The summed E-state index contributed by atoms with van der Waals surface area (Å²) in [4.78, 5) is 24.3. The third kappa shape index (κ3) is 3.77. The summed E-state index contributed by atoms with van der Waals surface area (Å²) >= 11 is 0. The Morgan fingerprint density at radius 3 is 2.75 bits per heavy atom. The van der Waals surface area contributed by atoms with Gasteiger partial charge in [-0.1, -0.05) is 6.92 Å². The summed E-state index contributed by atoms with van der Waals surface area (Å²) in [7, 11) is 0. The molecule has 7 nitrogen and oxygen atoms in total. The fourth-order valence-corrected chi connectivity index (χ4v) is 3.42. The van der Waals surface area contributed by atoms with E-state index >= 15 is 0 Å². The van der Waals surface area contributed by atoms with E-state index in [0.717, 1.165) is 32.5 Å². The molecule has 2 fully saturated rings. The smallest absolute Gasteiger partial charge is 0.414 e. The minimum Gasteiger partial charge on any atom is -0.444 e. The highest BCUT2D eigenvalue weighted by Gasteiger charge is 2.31. The van der Waals surface area contributed by atoms with Crippen LogP contribution in [0, 0.1) is 5.82 Å². The Labute approximate surface area is 163 Å². The van der Waals surface area contributed by atoms with Gasteiger partial charge in [-0.15, -0.1) is 0 Å². The number of amides is 1. The van der Waals surface area contributed by atoms with E-state index in [2.05, 4.69) is 14.9 Å². The lowest BCUT2D eigenvalue weighted by molar-refractivity contribution is 0.139. The molecule has 0 saturated carbocycles. The predicted molar refractivity (Wildman–Crippen MR) is 103 cm³/mol. The van der Waals surface area contributed by atoms with Gasteiger partial charge in [0.05, 0.1) is 18.8 Å². The first-order valence-corrected chi connectivity index (χ1v) is 9.58. The zero-order valence-electron chi connectivity index (χ0n) is 15.8. The lowest BCUT2D eigenvalue weighted by Gasteiger charge is -2.19. The molecule has 4 rings (SSSR count). The molecule has 1 atom stereocenters. The molecule has 1 aromatic heterocycles. The second-order valence-electron chi connectivity index (χ2n) is 6.91. The van der Waals surface area contributed by atoms with Crippen LogP contribution >= 0.6 is 0 Å². The molecule has 2 aromatic rings. The second-order valence-corrected chi connectivity index (χ2v) is 6.91. The second kappa shape index (κ2) is 8.10. The standard InChI is InChI=1S/C20H23FN4O3/c1-2-16-13-25(20(26)28-16)15-4-5-17(18(21)10-15)14-11-22-19(23-12-14)24-6-3-8-27-9-7-24/h4-5,10-12,16H,2-3,6-9,13H2,1H3. The SMILES string of the molecule is CCC1CN(c2ccc(-c3cnc(N4CCCOCC4)nc3)c(F)c2)C(=O)O1. The normalized spacial score (nSPS) is 20.2. The van der Waals surface area contributed by atoms with E-state index in [1.807, 2.05) is 6.92 Å². The summed E-state index contributed by atoms with van der Waals surface area (Å²) < 4.78 is 25.4. The van der Waals surface area contributed by atoms with Gasteiger partial charge in [0, 0.05) is 43.2 Å². The van der Waals surface area contributed by atoms with E-state index in [1.165, 1.54) is 11.0 Å². The van der Waals surface area contributed by atoms with Crippen LogP contribution in [0.2, 0.25) is 0 Å². The lowest BCUT2D eigenvalue weighted by atomic mass is 10.1. The Bertz CT molecular complexity index is 838. The lowest BCUT2D eigenvalue weighted by Crippen LogP contribution is -2.27. The number of halogens is 1. The van der Waals surface area contributed by atoms with Gasteiger partial charge in [-0.05, 0) is 31.0 Å². The summed E-state index contributed by atoms with van der Waals surface area (Å²) in [5.41, 5.74) is 1.48. The van der Waals surface area contributed by atoms with Gasteiger partial charge in [0.1, 0.15) is 11.9 Å². The van der Waals surface area contributed by atoms with E-state index in [0.29, 0.717) is 35.9 Å². The Morgan fingerprint density at radius 2 is 2.04 bits per heavy atom. The summed E-state index contributed by atoms with van der Waals surface area (Å²) in [6, 6.07) is 4.72. The van der Waals surface area contributed by atoms with Gasteiger partial charge >= 0.3 is 6.09 Å². The Morgan fingerprint density at radius 1 is 1.21 bits per heavy atom. The molecule has 2 saturated heterocycles. The van der Waals surface area contributed by atoms with Crippen molar-refractivity contribution in [1.82, 2.24) is 9.97 Å². The van der Waals surface area contributed by atoms with Crippen molar-refractivity contribution in [2.24, 2.45) is 0 Å². The number of benzene rings is 1. The first kappa shape index (κ1) is 18.6. The number of anilines is 2. The molecular formula is C20H23FN4O3. The number of aromatic nitrogens is 2. The molecular weight excluding hydrogens is 363 g/mol. The van der Waals surface area contributed by atoms with Crippen LogP contribution in [0.1, 0.15) is 19.8 Å². The number of ether oxygens (including phenoxy) is 2. The summed E-state index contributed by atoms with van der Waals surface area (Å²) in [6.45, 7) is 5.37. The highest BCUT2D eigenvalue weighted by atomic mass is 19.1. The van der Waals surface area contributed by atoms with Crippen molar-refractivity contribution in [3.05, 3.63) is 36.4 Å². The van der Waals surface area contributed by atoms with E-state index < -0.39 is 11.9 Å². The van der Waals surface area contributed by atoms with E-state index in [4.69, 9.17) is 9.47 Å². The maximum absolute atomic E-state index is 14.7. The number of nitrogens with zero attached hydrogens (tertiary/aromatic N) is 4. The maximum atomic E-state index is 14.7. The third-order valence-corrected chi connectivity index (χ3v) is 5.05. The number of rotatable bonds is 4. The maximum Gasteiger partial charge on any atom is 0.414 e.